The SMILES string of the molecule is CCCCC1C(=O)ON(Cc2ccccc2)C1C(C)C. The molecule has 110 valence electrons. The lowest BCUT2D eigenvalue weighted by Crippen LogP contribution is -2.36. The number of carbonyl (C=O) groups is 1. The van der Waals surface area contributed by atoms with Crippen molar-refractivity contribution < 1.29 is 9.63 Å². The van der Waals surface area contributed by atoms with Gasteiger partial charge >= 0.3 is 5.97 Å². The maximum atomic E-state index is 12.1. The monoisotopic (exact) mass is 275 g/mol. The van der Waals surface area contributed by atoms with Crippen molar-refractivity contribution in [3.8, 4) is 0 Å². The molecule has 0 aliphatic carbocycles. The Balaban J connectivity index is 2.10. The Morgan fingerprint density at radius 3 is 2.55 bits per heavy atom. The first-order chi connectivity index (χ1) is 9.63. The number of rotatable bonds is 6. The quantitative estimate of drug-likeness (QED) is 0.791. The molecule has 0 spiro atoms. The first-order valence-corrected chi connectivity index (χ1v) is 7.65. The van der Waals surface area contributed by atoms with Gasteiger partial charge in [0.05, 0.1) is 18.5 Å². The predicted octanol–water partition coefficient (Wildman–Crippen LogP) is 3.79. The molecule has 0 aromatic heterocycles. The van der Waals surface area contributed by atoms with Crippen LogP contribution in [0.1, 0.15) is 45.6 Å². The third-order valence-corrected chi connectivity index (χ3v) is 3.99. The average Bonchev–Trinajstić information content (AvgIpc) is 2.73. The zero-order valence-electron chi connectivity index (χ0n) is 12.7. The summed E-state index contributed by atoms with van der Waals surface area (Å²) < 4.78 is 0. The van der Waals surface area contributed by atoms with Crippen LogP contribution < -0.4 is 0 Å². The fourth-order valence-electron chi connectivity index (χ4n) is 3.00. The zero-order chi connectivity index (χ0) is 14.5. The summed E-state index contributed by atoms with van der Waals surface area (Å²) in [4.78, 5) is 17.7. The van der Waals surface area contributed by atoms with Crippen molar-refractivity contribution in [2.45, 2.75) is 52.6 Å². The van der Waals surface area contributed by atoms with Gasteiger partial charge in [-0.1, -0.05) is 63.9 Å². The maximum absolute atomic E-state index is 12.1. The van der Waals surface area contributed by atoms with Crippen molar-refractivity contribution in [1.82, 2.24) is 5.06 Å². The summed E-state index contributed by atoms with van der Waals surface area (Å²) in [5.41, 5.74) is 1.18. The van der Waals surface area contributed by atoms with Crippen molar-refractivity contribution in [2.75, 3.05) is 0 Å². The van der Waals surface area contributed by atoms with Gasteiger partial charge in [0.25, 0.3) is 0 Å². The zero-order valence-corrected chi connectivity index (χ0v) is 12.7. The van der Waals surface area contributed by atoms with E-state index >= 15 is 0 Å². The van der Waals surface area contributed by atoms with Gasteiger partial charge in [0.2, 0.25) is 0 Å². The highest BCUT2D eigenvalue weighted by molar-refractivity contribution is 5.74. The summed E-state index contributed by atoms with van der Waals surface area (Å²) in [5, 5.41) is 1.89. The van der Waals surface area contributed by atoms with Crippen LogP contribution in [0.3, 0.4) is 0 Å². The van der Waals surface area contributed by atoms with Gasteiger partial charge in [0.15, 0.2) is 0 Å². The molecule has 1 fully saturated rings. The van der Waals surface area contributed by atoms with Gasteiger partial charge in [-0.25, -0.2) is 4.79 Å². The molecule has 0 saturated carbocycles. The number of nitrogens with zero attached hydrogens (tertiary/aromatic N) is 1. The van der Waals surface area contributed by atoms with E-state index in [-0.39, 0.29) is 17.9 Å². The van der Waals surface area contributed by atoms with Gasteiger partial charge < -0.3 is 4.84 Å². The Hall–Kier alpha value is -1.35. The van der Waals surface area contributed by atoms with Crippen LogP contribution in [0.25, 0.3) is 0 Å². The number of hydrogen-bond donors (Lipinski definition) is 0. The van der Waals surface area contributed by atoms with E-state index in [1.807, 2.05) is 23.3 Å². The smallest absolute Gasteiger partial charge is 0.329 e. The van der Waals surface area contributed by atoms with Crippen molar-refractivity contribution in [3.63, 3.8) is 0 Å². The fraction of sp³-hybridized carbons (Fsp3) is 0.588. The van der Waals surface area contributed by atoms with Gasteiger partial charge in [0.1, 0.15) is 0 Å². The molecular formula is C17H25NO2. The van der Waals surface area contributed by atoms with E-state index in [2.05, 4.69) is 32.9 Å². The maximum Gasteiger partial charge on any atom is 0.329 e. The second-order valence-corrected chi connectivity index (χ2v) is 5.95. The first kappa shape index (κ1) is 15.0. The third-order valence-electron chi connectivity index (χ3n) is 3.99. The van der Waals surface area contributed by atoms with Crippen LogP contribution in [0.15, 0.2) is 30.3 Å². The highest BCUT2D eigenvalue weighted by Crippen LogP contribution is 2.33. The normalized spacial score (nSPS) is 23.3. The van der Waals surface area contributed by atoms with Gasteiger partial charge in [-0.05, 0) is 17.9 Å². The second-order valence-electron chi connectivity index (χ2n) is 5.95. The Morgan fingerprint density at radius 1 is 1.25 bits per heavy atom. The van der Waals surface area contributed by atoms with E-state index in [4.69, 9.17) is 4.84 Å². The molecule has 2 atom stereocenters. The van der Waals surface area contributed by atoms with E-state index in [1.54, 1.807) is 0 Å². The van der Waals surface area contributed by atoms with Crippen LogP contribution in [-0.4, -0.2) is 17.1 Å². The van der Waals surface area contributed by atoms with Crippen LogP contribution in [0.5, 0.6) is 0 Å². The summed E-state index contributed by atoms with van der Waals surface area (Å²) in [6.07, 6.45) is 3.14. The van der Waals surface area contributed by atoms with Gasteiger partial charge in [-0.15, -0.1) is 5.06 Å². The Kier molecular flexibility index (Phi) is 5.18. The summed E-state index contributed by atoms with van der Waals surface area (Å²) >= 11 is 0. The molecule has 0 amide bonds. The molecule has 0 N–H and O–H groups in total. The molecule has 2 unspecified atom stereocenters. The van der Waals surface area contributed by atoms with Crippen LogP contribution in [0, 0.1) is 11.8 Å². The lowest BCUT2D eigenvalue weighted by Gasteiger charge is -2.27. The van der Waals surface area contributed by atoms with Crippen LogP contribution in [0.2, 0.25) is 0 Å². The van der Waals surface area contributed by atoms with Crippen LogP contribution in [-0.2, 0) is 16.2 Å². The molecule has 1 aromatic rings. The molecule has 1 aliphatic rings. The van der Waals surface area contributed by atoms with Crippen molar-refractivity contribution in [1.29, 1.82) is 0 Å². The number of hydrogen-bond acceptors (Lipinski definition) is 3. The Labute approximate surface area is 121 Å². The Bertz CT molecular complexity index is 430. The molecule has 20 heavy (non-hydrogen) atoms. The molecule has 1 aliphatic heterocycles. The van der Waals surface area contributed by atoms with Crippen molar-refractivity contribution >= 4 is 5.97 Å². The molecule has 1 heterocycles. The largest absolute Gasteiger partial charge is 0.367 e. The summed E-state index contributed by atoms with van der Waals surface area (Å²) in [5.74, 6) is 0.388. The molecule has 0 radical (unpaired) electrons. The first-order valence-electron chi connectivity index (χ1n) is 7.65. The third kappa shape index (κ3) is 3.40. The van der Waals surface area contributed by atoms with Crippen molar-refractivity contribution in [3.05, 3.63) is 35.9 Å². The van der Waals surface area contributed by atoms with E-state index in [1.165, 1.54) is 5.56 Å². The molecule has 1 saturated heterocycles. The number of hydroxylamine groups is 2. The minimum atomic E-state index is -0.0481. The van der Waals surface area contributed by atoms with Gasteiger partial charge in [-0.2, -0.15) is 0 Å². The summed E-state index contributed by atoms with van der Waals surface area (Å²) in [6.45, 7) is 7.18. The molecule has 0 bridgehead atoms. The van der Waals surface area contributed by atoms with Crippen molar-refractivity contribution in [2.24, 2.45) is 11.8 Å². The van der Waals surface area contributed by atoms with E-state index in [9.17, 15) is 4.79 Å². The van der Waals surface area contributed by atoms with E-state index < -0.39 is 0 Å². The molecule has 3 nitrogen and oxygen atoms in total. The van der Waals surface area contributed by atoms with Crippen LogP contribution in [0.4, 0.5) is 0 Å². The highest BCUT2D eigenvalue weighted by Gasteiger charge is 2.44. The molecule has 1 aromatic carbocycles. The minimum absolute atomic E-state index is 0.0265. The average molecular weight is 275 g/mol. The molecule has 2 rings (SSSR count). The lowest BCUT2D eigenvalue weighted by atomic mass is 9.87. The Morgan fingerprint density at radius 2 is 1.95 bits per heavy atom. The lowest BCUT2D eigenvalue weighted by molar-refractivity contribution is -0.180. The summed E-state index contributed by atoms with van der Waals surface area (Å²) in [7, 11) is 0. The minimum Gasteiger partial charge on any atom is -0.367 e. The molecular weight excluding hydrogens is 250 g/mol. The van der Waals surface area contributed by atoms with Gasteiger partial charge in [-0.3, -0.25) is 0 Å². The molecule has 3 heteroatoms. The van der Waals surface area contributed by atoms with Gasteiger partial charge in [0, 0.05) is 0 Å². The standard InChI is InChI=1S/C17H25NO2/c1-4-5-11-15-16(13(2)3)18(20-17(15)19)12-14-9-7-6-8-10-14/h6-10,13,15-16H,4-5,11-12H2,1-3H3. The second kappa shape index (κ2) is 6.89. The predicted molar refractivity (Wildman–Crippen MR) is 79.7 cm³/mol. The fourth-order valence-corrected chi connectivity index (χ4v) is 3.00. The number of carbonyl (C=O) groups excluding carboxylic acids is 1. The van der Waals surface area contributed by atoms with E-state index in [0.717, 1.165) is 19.3 Å². The highest BCUT2D eigenvalue weighted by atomic mass is 16.7. The van der Waals surface area contributed by atoms with E-state index in [0.29, 0.717) is 12.5 Å². The number of benzene rings is 1. The summed E-state index contributed by atoms with van der Waals surface area (Å²) in [6, 6.07) is 10.4. The topological polar surface area (TPSA) is 29.5 Å². The number of unbranched alkanes of at least 4 members (excludes halogenated alkanes) is 1. The van der Waals surface area contributed by atoms with Crippen LogP contribution >= 0.6 is 0 Å².